The fourth-order valence-corrected chi connectivity index (χ4v) is 5.92. The molecule has 0 unspecified atom stereocenters. The summed E-state index contributed by atoms with van der Waals surface area (Å²) in [6, 6.07) is 5.24. The van der Waals surface area contributed by atoms with E-state index in [0.29, 0.717) is 38.6 Å². The molecule has 3 nitrogen and oxygen atoms in total. The van der Waals surface area contributed by atoms with Gasteiger partial charge >= 0.3 is 0 Å². The summed E-state index contributed by atoms with van der Waals surface area (Å²) in [5, 5.41) is 7.44. The molecule has 4 fully saturated rings. The first-order valence-electron chi connectivity index (χ1n) is 8.56. The average Bonchev–Trinajstić information content (AvgIpc) is 2.50. The summed E-state index contributed by atoms with van der Waals surface area (Å²) >= 11 is 17.3. The van der Waals surface area contributed by atoms with Crippen molar-refractivity contribution in [2.24, 2.45) is 23.7 Å². The molecule has 0 saturated heterocycles. The van der Waals surface area contributed by atoms with Crippen LogP contribution in [0.15, 0.2) is 18.2 Å². The molecule has 2 N–H and O–H groups in total. The maximum Gasteiger partial charge on any atom is 0.258 e. The number of rotatable bonds is 2. The van der Waals surface area contributed by atoms with Crippen LogP contribution in [-0.2, 0) is 0 Å². The fourth-order valence-electron chi connectivity index (χ4n) is 5.19. The normalized spacial score (nSPS) is 33.3. The van der Waals surface area contributed by atoms with Gasteiger partial charge in [0.1, 0.15) is 0 Å². The van der Waals surface area contributed by atoms with Gasteiger partial charge in [-0.05, 0) is 86.2 Å². The lowest BCUT2D eigenvalue weighted by atomic mass is 9.54. The molecule has 1 aromatic carbocycles. The van der Waals surface area contributed by atoms with E-state index in [4.69, 9.17) is 35.4 Å². The summed E-state index contributed by atoms with van der Waals surface area (Å²) in [6.45, 7) is 0. The van der Waals surface area contributed by atoms with Gasteiger partial charge in [0.25, 0.3) is 5.91 Å². The van der Waals surface area contributed by atoms with Crippen LogP contribution in [0.1, 0.15) is 42.5 Å². The van der Waals surface area contributed by atoms with E-state index in [0.717, 1.165) is 11.8 Å². The number of benzene rings is 1. The highest BCUT2D eigenvalue weighted by molar-refractivity contribution is 7.80. The zero-order valence-electron chi connectivity index (χ0n) is 13.2. The first-order valence-corrected chi connectivity index (χ1v) is 9.73. The molecule has 4 saturated carbocycles. The third-order valence-electron chi connectivity index (χ3n) is 5.93. The predicted molar refractivity (Wildman–Crippen MR) is 100 cm³/mol. The van der Waals surface area contributed by atoms with Gasteiger partial charge in [0.05, 0.1) is 10.6 Å². The Bertz CT molecular complexity index is 666. The number of amides is 1. The molecule has 0 aromatic heterocycles. The highest BCUT2D eigenvalue weighted by Crippen LogP contribution is 2.53. The standard InChI is InChI=1S/C18H20Cl2N2OS/c19-13-1-2-14(15(20)8-13)17(23)22-18(24)21-16-11-4-9-3-10(6-11)7-12(16)5-9/h1-2,8-12,16H,3-7H2,(H2,21,22,23,24). The fraction of sp³-hybridized carbons (Fsp3) is 0.556. The summed E-state index contributed by atoms with van der Waals surface area (Å²) in [7, 11) is 0. The van der Waals surface area contributed by atoms with Crippen molar-refractivity contribution >= 4 is 46.4 Å². The van der Waals surface area contributed by atoms with Crippen molar-refractivity contribution in [3.05, 3.63) is 33.8 Å². The Morgan fingerprint density at radius 2 is 1.67 bits per heavy atom. The maximum atomic E-state index is 12.4. The minimum Gasteiger partial charge on any atom is -0.359 e. The van der Waals surface area contributed by atoms with Crippen LogP contribution in [0.5, 0.6) is 0 Å². The Morgan fingerprint density at radius 3 is 2.25 bits per heavy atom. The number of hydrogen-bond donors (Lipinski definition) is 2. The predicted octanol–water partition coefficient (Wildman–Crippen LogP) is 4.42. The van der Waals surface area contributed by atoms with E-state index in [-0.39, 0.29) is 5.91 Å². The molecule has 4 bridgehead atoms. The van der Waals surface area contributed by atoms with Gasteiger partial charge < -0.3 is 5.32 Å². The number of hydrogen-bond acceptors (Lipinski definition) is 2. The molecule has 1 amide bonds. The molecule has 0 spiro atoms. The maximum absolute atomic E-state index is 12.4. The number of carbonyl (C=O) groups is 1. The molecule has 1 aromatic rings. The van der Waals surface area contributed by atoms with Crippen LogP contribution < -0.4 is 10.6 Å². The average molecular weight is 383 g/mol. The molecule has 0 radical (unpaired) electrons. The summed E-state index contributed by atoms with van der Waals surface area (Å²) in [6.07, 6.45) is 6.67. The van der Waals surface area contributed by atoms with Crippen molar-refractivity contribution in [3.63, 3.8) is 0 Å². The Balaban J connectivity index is 1.39. The van der Waals surface area contributed by atoms with Crippen LogP contribution in [0.4, 0.5) is 0 Å². The second-order valence-corrected chi connectivity index (χ2v) is 8.76. The molecule has 4 aliphatic rings. The van der Waals surface area contributed by atoms with E-state index >= 15 is 0 Å². The minimum absolute atomic E-state index is 0.294. The van der Waals surface area contributed by atoms with E-state index < -0.39 is 0 Å². The number of nitrogens with one attached hydrogen (secondary N) is 2. The van der Waals surface area contributed by atoms with Gasteiger partial charge in [0.2, 0.25) is 0 Å². The molecule has 128 valence electrons. The van der Waals surface area contributed by atoms with Crippen LogP contribution in [0, 0.1) is 23.7 Å². The van der Waals surface area contributed by atoms with Crippen molar-refractivity contribution in [1.29, 1.82) is 0 Å². The van der Waals surface area contributed by atoms with Crippen LogP contribution in [-0.4, -0.2) is 17.1 Å². The van der Waals surface area contributed by atoms with Crippen molar-refractivity contribution in [1.82, 2.24) is 10.6 Å². The first-order chi connectivity index (χ1) is 11.5. The molecular formula is C18H20Cl2N2OS. The van der Waals surface area contributed by atoms with E-state index in [9.17, 15) is 4.79 Å². The SMILES string of the molecule is O=C(NC(=S)NC1C2CC3CC(C2)CC1C3)c1ccc(Cl)cc1Cl. The summed E-state index contributed by atoms with van der Waals surface area (Å²) in [5.74, 6) is 2.95. The van der Waals surface area contributed by atoms with E-state index in [1.807, 2.05) is 0 Å². The molecule has 24 heavy (non-hydrogen) atoms. The molecule has 5 rings (SSSR count). The summed E-state index contributed by atoms with van der Waals surface area (Å²) < 4.78 is 0. The second-order valence-electron chi connectivity index (χ2n) is 7.51. The smallest absolute Gasteiger partial charge is 0.258 e. The molecule has 4 aliphatic carbocycles. The van der Waals surface area contributed by atoms with Gasteiger partial charge in [-0.3, -0.25) is 10.1 Å². The second kappa shape index (κ2) is 6.47. The Morgan fingerprint density at radius 1 is 1.04 bits per heavy atom. The monoisotopic (exact) mass is 382 g/mol. The molecule has 0 aliphatic heterocycles. The molecule has 0 heterocycles. The third-order valence-corrected chi connectivity index (χ3v) is 6.70. The van der Waals surface area contributed by atoms with Gasteiger partial charge in [-0.25, -0.2) is 0 Å². The Hall–Kier alpha value is -0.840. The van der Waals surface area contributed by atoms with Crippen LogP contribution in [0.2, 0.25) is 10.0 Å². The molecular weight excluding hydrogens is 363 g/mol. The van der Waals surface area contributed by atoms with Gasteiger partial charge in [-0.15, -0.1) is 0 Å². The highest BCUT2D eigenvalue weighted by atomic mass is 35.5. The zero-order valence-corrected chi connectivity index (χ0v) is 15.6. The number of carbonyl (C=O) groups excluding carboxylic acids is 1. The van der Waals surface area contributed by atoms with Crippen LogP contribution in [0.3, 0.4) is 0 Å². The lowest BCUT2D eigenvalue weighted by Gasteiger charge is -2.54. The van der Waals surface area contributed by atoms with Crippen LogP contribution in [0.25, 0.3) is 0 Å². The van der Waals surface area contributed by atoms with E-state index in [1.54, 1.807) is 18.2 Å². The third kappa shape index (κ3) is 3.16. The quantitative estimate of drug-likeness (QED) is 0.743. The first kappa shape index (κ1) is 16.6. The van der Waals surface area contributed by atoms with Crippen molar-refractivity contribution < 1.29 is 4.79 Å². The number of halogens is 2. The summed E-state index contributed by atoms with van der Waals surface area (Å²) in [5.41, 5.74) is 0.385. The van der Waals surface area contributed by atoms with Crippen molar-refractivity contribution in [2.45, 2.75) is 38.1 Å². The van der Waals surface area contributed by atoms with Gasteiger partial charge in [0, 0.05) is 11.1 Å². The Labute approximate surface area is 157 Å². The highest BCUT2D eigenvalue weighted by Gasteiger charge is 2.48. The molecule has 0 atom stereocenters. The van der Waals surface area contributed by atoms with Crippen molar-refractivity contribution in [2.75, 3.05) is 0 Å². The lowest BCUT2D eigenvalue weighted by Crippen LogP contribution is -2.57. The van der Waals surface area contributed by atoms with E-state index in [1.165, 1.54) is 32.1 Å². The topological polar surface area (TPSA) is 41.1 Å². The molecule has 6 heteroatoms. The van der Waals surface area contributed by atoms with Gasteiger partial charge in [-0.1, -0.05) is 23.2 Å². The Kier molecular flexibility index (Phi) is 4.48. The largest absolute Gasteiger partial charge is 0.359 e. The van der Waals surface area contributed by atoms with E-state index in [2.05, 4.69) is 10.6 Å². The summed E-state index contributed by atoms with van der Waals surface area (Å²) in [4.78, 5) is 12.4. The van der Waals surface area contributed by atoms with Gasteiger partial charge in [-0.2, -0.15) is 0 Å². The van der Waals surface area contributed by atoms with Crippen molar-refractivity contribution in [3.8, 4) is 0 Å². The van der Waals surface area contributed by atoms with Gasteiger partial charge in [0.15, 0.2) is 5.11 Å². The lowest BCUT2D eigenvalue weighted by molar-refractivity contribution is -0.00692. The van der Waals surface area contributed by atoms with Crippen LogP contribution >= 0.6 is 35.4 Å². The zero-order chi connectivity index (χ0) is 16.8. The minimum atomic E-state index is -0.294. The number of thiocarbonyl (C=S) groups is 1.